The second-order valence-electron chi connectivity index (χ2n) is 5.36. The van der Waals surface area contributed by atoms with E-state index in [1.165, 1.54) is 18.4 Å². The Morgan fingerprint density at radius 1 is 1.06 bits per heavy atom. The number of nitrogens with one attached hydrogen (secondary N) is 1. The first-order valence-corrected chi connectivity index (χ1v) is 7.07. The normalized spacial score (nSPS) is 13.3. The van der Waals surface area contributed by atoms with E-state index >= 15 is 0 Å². The van der Waals surface area contributed by atoms with Gasteiger partial charge in [-0.15, -0.1) is 0 Å². The highest BCUT2D eigenvalue weighted by Crippen LogP contribution is 2.22. The first kappa shape index (κ1) is 15.2. The zero-order valence-corrected chi connectivity index (χ0v) is 12.0. The molecule has 1 N–H and O–H groups in total. The summed E-state index contributed by atoms with van der Waals surface area (Å²) in [6, 6.07) is 7.18. The lowest BCUT2D eigenvalue weighted by Crippen LogP contribution is -2.30. The van der Waals surface area contributed by atoms with Crippen molar-refractivity contribution in [3.05, 3.63) is 35.6 Å². The van der Waals surface area contributed by atoms with Crippen molar-refractivity contribution in [2.24, 2.45) is 11.8 Å². The molecule has 0 spiro atoms. The molecule has 1 aromatic rings. The smallest absolute Gasteiger partial charge is 0.123 e. The van der Waals surface area contributed by atoms with Crippen molar-refractivity contribution >= 4 is 0 Å². The molecule has 0 saturated carbocycles. The van der Waals surface area contributed by atoms with E-state index in [2.05, 4.69) is 33.0 Å². The Balaban J connectivity index is 2.68. The van der Waals surface area contributed by atoms with Crippen LogP contribution in [-0.4, -0.2) is 6.54 Å². The summed E-state index contributed by atoms with van der Waals surface area (Å²) in [5, 5.41) is 3.63. The average molecular weight is 251 g/mol. The summed E-state index contributed by atoms with van der Waals surface area (Å²) in [7, 11) is 0. The summed E-state index contributed by atoms with van der Waals surface area (Å²) in [5.74, 6) is 1.07. The standard InChI is InChI=1S/C16H26FN/c1-5-13(6-2)11-18-16(12(3)4)14-7-9-15(17)10-8-14/h7-10,12-13,16,18H,5-6,11H2,1-4H3. The number of hydrogen-bond donors (Lipinski definition) is 1. The molecule has 0 heterocycles. The van der Waals surface area contributed by atoms with Gasteiger partial charge in [-0.05, 0) is 36.1 Å². The van der Waals surface area contributed by atoms with Crippen molar-refractivity contribution in [1.29, 1.82) is 0 Å². The van der Waals surface area contributed by atoms with Crippen molar-refractivity contribution in [2.75, 3.05) is 6.54 Å². The maximum absolute atomic E-state index is 13.0. The Labute approximate surface area is 111 Å². The molecule has 0 aliphatic carbocycles. The molecule has 1 aromatic carbocycles. The first-order chi connectivity index (χ1) is 8.58. The Morgan fingerprint density at radius 2 is 1.61 bits per heavy atom. The van der Waals surface area contributed by atoms with Gasteiger partial charge < -0.3 is 5.32 Å². The molecular weight excluding hydrogens is 225 g/mol. The molecule has 0 bridgehead atoms. The van der Waals surface area contributed by atoms with Crippen molar-refractivity contribution < 1.29 is 4.39 Å². The van der Waals surface area contributed by atoms with E-state index in [1.54, 1.807) is 12.1 Å². The molecule has 0 aliphatic heterocycles. The van der Waals surface area contributed by atoms with Gasteiger partial charge in [-0.3, -0.25) is 0 Å². The van der Waals surface area contributed by atoms with Crippen LogP contribution in [0.15, 0.2) is 24.3 Å². The van der Waals surface area contributed by atoms with Gasteiger partial charge in [-0.25, -0.2) is 4.39 Å². The fourth-order valence-corrected chi connectivity index (χ4v) is 2.28. The molecule has 0 saturated heterocycles. The second-order valence-corrected chi connectivity index (χ2v) is 5.36. The summed E-state index contributed by atoms with van der Waals surface area (Å²) in [4.78, 5) is 0. The summed E-state index contributed by atoms with van der Waals surface area (Å²) >= 11 is 0. The maximum atomic E-state index is 13.0. The van der Waals surface area contributed by atoms with Crippen LogP contribution >= 0.6 is 0 Å². The highest BCUT2D eigenvalue weighted by atomic mass is 19.1. The molecule has 0 aromatic heterocycles. The zero-order chi connectivity index (χ0) is 13.5. The quantitative estimate of drug-likeness (QED) is 0.749. The molecule has 1 nitrogen and oxygen atoms in total. The van der Waals surface area contributed by atoms with Crippen LogP contribution in [0.2, 0.25) is 0 Å². The molecular formula is C16H26FN. The monoisotopic (exact) mass is 251 g/mol. The lowest BCUT2D eigenvalue weighted by molar-refractivity contribution is 0.358. The summed E-state index contributed by atoms with van der Waals surface area (Å²) in [6.07, 6.45) is 2.41. The molecule has 1 atom stereocenters. The van der Waals surface area contributed by atoms with E-state index < -0.39 is 0 Å². The van der Waals surface area contributed by atoms with E-state index in [4.69, 9.17) is 0 Å². The van der Waals surface area contributed by atoms with Crippen LogP contribution in [0, 0.1) is 17.7 Å². The maximum Gasteiger partial charge on any atom is 0.123 e. The van der Waals surface area contributed by atoms with Crippen molar-refractivity contribution in [1.82, 2.24) is 5.32 Å². The Bertz CT molecular complexity index is 327. The highest BCUT2D eigenvalue weighted by Gasteiger charge is 2.16. The van der Waals surface area contributed by atoms with Crippen LogP contribution in [0.3, 0.4) is 0 Å². The van der Waals surface area contributed by atoms with Crippen LogP contribution in [0.5, 0.6) is 0 Å². The highest BCUT2D eigenvalue weighted by molar-refractivity contribution is 5.20. The van der Waals surface area contributed by atoms with E-state index in [0.29, 0.717) is 12.0 Å². The minimum absolute atomic E-state index is 0.166. The lowest BCUT2D eigenvalue weighted by atomic mass is 9.94. The van der Waals surface area contributed by atoms with Crippen LogP contribution in [-0.2, 0) is 0 Å². The molecule has 18 heavy (non-hydrogen) atoms. The fourth-order valence-electron chi connectivity index (χ4n) is 2.28. The van der Waals surface area contributed by atoms with Crippen LogP contribution < -0.4 is 5.32 Å². The Kier molecular flexibility index (Phi) is 6.34. The molecule has 2 heteroatoms. The molecule has 0 radical (unpaired) electrons. The van der Waals surface area contributed by atoms with Crippen molar-refractivity contribution in [3.63, 3.8) is 0 Å². The number of benzene rings is 1. The molecule has 0 amide bonds. The summed E-state index contributed by atoms with van der Waals surface area (Å²) < 4.78 is 13.0. The third-order valence-electron chi connectivity index (χ3n) is 3.68. The third-order valence-corrected chi connectivity index (χ3v) is 3.68. The Hall–Kier alpha value is -0.890. The largest absolute Gasteiger partial charge is 0.309 e. The molecule has 0 fully saturated rings. The van der Waals surface area contributed by atoms with Gasteiger partial charge in [0.15, 0.2) is 0 Å². The van der Waals surface area contributed by atoms with Gasteiger partial charge in [-0.2, -0.15) is 0 Å². The first-order valence-electron chi connectivity index (χ1n) is 7.07. The minimum Gasteiger partial charge on any atom is -0.309 e. The number of halogens is 1. The Morgan fingerprint density at radius 3 is 2.06 bits per heavy atom. The zero-order valence-electron chi connectivity index (χ0n) is 12.0. The van der Waals surface area contributed by atoms with Gasteiger partial charge >= 0.3 is 0 Å². The van der Waals surface area contributed by atoms with E-state index in [0.717, 1.165) is 12.5 Å². The van der Waals surface area contributed by atoms with Gasteiger partial charge in [0.1, 0.15) is 5.82 Å². The number of hydrogen-bond acceptors (Lipinski definition) is 1. The molecule has 1 unspecified atom stereocenters. The summed E-state index contributed by atoms with van der Waals surface area (Å²) in [6.45, 7) is 9.91. The van der Waals surface area contributed by atoms with Gasteiger partial charge in [0.25, 0.3) is 0 Å². The van der Waals surface area contributed by atoms with Gasteiger partial charge in [0.2, 0.25) is 0 Å². The predicted octanol–water partition coefficient (Wildman–Crippen LogP) is 4.55. The summed E-state index contributed by atoms with van der Waals surface area (Å²) in [5.41, 5.74) is 1.18. The average Bonchev–Trinajstić information content (AvgIpc) is 2.36. The number of rotatable bonds is 7. The van der Waals surface area contributed by atoms with Gasteiger partial charge in [0.05, 0.1) is 0 Å². The molecule has 0 aliphatic rings. The minimum atomic E-state index is -0.166. The van der Waals surface area contributed by atoms with Crippen LogP contribution in [0.4, 0.5) is 4.39 Å². The SMILES string of the molecule is CCC(CC)CNC(c1ccc(F)cc1)C(C)C. The topological polar surface area (TPSA) is 12.0 Å². The van der Waals surface area contributed by atoms with E-state index in [-0.39, 0.29) is 5.82 Å². The van der Waals surface area contributed by atoms with Crippen LogP contribution in [0.25, 0.3) is 0 Å². The van der Waals surface area contributed by atoms with Crippen LogP contribution in [0.1, 0.15) is 52.1 Å². The second kappa shape index (κ2) is 7.52. The van der Waals surface area contributed by atoms with Crippen molar-refractivity contribution in [3.8, 4) is 0 Å². The molecule has 102 valence electrons. The van der Waals surface area contributed by atoms with E-state index in [1.807, 2.05) is 12.1 Å². The predicted molar refractivity (Wildman–Crippen MR) is 76.1 cm³/mol. The fraction of sp³-hybridized carbons (Fsp3) is 0.625. The van der Waals surface area contributed by atoms with Gasteiger partial charge in [0, 0.05) is 6.04 Å². The van der Waals surface area contributed by atoms with Gasteiger partial charge in [-0.1, -0.05) is 52.7 Å². The third kappa shape index (κ3) is 4.41. The van der Waals surface area contributed by atoms with E-state index in [9.17, 15) is 4.39 Å². The van der Waals surface area contributed by atoms with Crippen molar-refractivity contribution in [2.45, 2.75) is 46.6 Å². The lowest BCUT2D eigenvalue weighted by Gasteiger charge is -2.25. The molecule has 1 rings (SSSR count).